The van der Waals surface area contributed by atoms with Crippen LogP contribution in [0.15, 0.2) is 0 Å². The lowest BCUT2D eigenvalue weighted by Gasteiger charge is -2.14. The van der Waals surface area contributed by atoms with E-state index in [4.69, 9.17) is 14.7 Å². The molecule has 0 aromatic heterocycles. The fourth-order valence-electron chi connectivity index (χ4n) is 0.794. The zero-order valence-corrected chi connectivity index (χ0v) is 17.6. The highest BCUT2D eigenvalue weighted by Crippen LogP contribution is 2.38. The molecule has 0 atom stereocenters. The molecule has 9 heteroatoms. The van der Waals surface area contributed by atoms with Crippen LogP contribution in [0, 0.1) is 17.9 Å². The van der Waals surface area contributed by atoms with Crippen LogP contribution in [0.4, 0.5) is 0 Å². The second-order valence-corrected chi connectivity index (χ2v) is 7.74. The minimum absolute atomic E-state index is 0.528. The third kappa shape index (κ3) is 3.81. The molecule has 0 aliphatic rings. The molecule has 0 aliphatic carbocycles. The highest BCUT2D eigenvalue weighted by atomic mass is 127. The highest BCUT2D eigenvalue weighted by molar-refractivity contribution is 14.1. The second kappa shape index (κ2) is 6.71. The highest BCUT2D eigenvalue weighted by Gasteiger charge is 2.22. The topological polar surface area (TPSA) is 49.7 Å². The summed E-state index contributed by atoms with van der Waals surface area (Å²) in [6.45, 7) is 0. The first-order chi connectivity index (χ1) is 6.86. The van der Waals surface area contributed by atoms with Gasteiger partial charge < -0.3 is 14.7 Å². The van der Waals surface area contributed by atoms with Crippen molar-refractivity contribution in [3.8, 4) is 5.75 Å². The van der Waals surface area contributed by atoms with Gasteiger partial charge in [0.05, 0.1) is 7.14 Å². The molecular weight excluding hydrogens is 765 g/mol. The van der Waals surface area contributed by atoms with Crippen LogP contribution in [0.1, 0.15) is 0 Å². The van der Waals surface area contributed by atoms with Gasteiger partial charge in [-0.2, -0.15) is 0 Å². The summed E-state index contributed by atoms with van der Waals surface area (Å²) >= 11 is 11.0. The number of halogens is 5. The smallest absolute Gasteiger partial charge is 0.510 e. The lowest BCUT2D eigenvalue weighted by Crippen LogP contribution is -2.22. The van der Waals surface area contributed by atoms with Crippen LogP contribution in [0.25, 0.3) is 0 Å². The Kier molecular flexibility index (Phi) is 7.03. The van der Waals surface area contributed by atoms with Crippen LogP contribution < -0.4 is 4.65 Å². The molecule has 2 N–H and O–H groups in total. The summed E-state index contributed by atoms with van der Waals surface area (Å²) in [5.41, 5.74) is 0. The molecule has 0 radical (unpaired) electrons. The summed E-state index contributed by atoms with van der Waals surface area (Å²) in [5.74, 6) is 0.528. The molecule has 15 heavy (non-hydrogen) atoms. The lowest BCUT2D eigenvalue weighted by molar-refractivity contribution is 0.286. The van der Waals surface area contributed by atoms with E-state index < -0.39 is 7.32 Å². The van der Waals surface area contributed by atoms with E-state index in [1.165, 1.54) is 0 Å². The third-order valence-electron chi connectivity index (χ3n) is 1.39. The Labute approximate surface area is 155 Å². The maximum absolute atomic E-state index is 8.83. The molecule has 1 aromatic carbocycles. The van der Waals surface area contributed by atoms with Crippen LogP contribution in [-0.2, 0) is 0 Å². The van der Waals surface area contributed by atoms with Crippen molar-refractivity contribution in [3.05, 3.63) is 17.9 Å². The molecular formula is C6H2BI5O3. The van der Waals surface area contributed by atoms with Crippen molar-refractivity contribution in [2.45, 2.75) is 0 Å². The van der Waals surface area contributed by atoms with E-state index in [2.05, 4.69) is 113 Å². The standard InChI is InChI=1S/C6H2BI5O3/c8-1-2(9)4(11)6(15-7(13)14)5(12)3(1)10/h13-14H. The Bertz CT molecular complexity index is 368. The summed E-state index contributed by atoms with van der Waals surface area (Å²) in [6.07, 6.45) is 0. The maximum atomic E-state index is 8.83. The molecule has 82 valence electrons. The summed E-state index contributed by atoms with van der Waals surface area (Å²) in [7, 11) is -1.78. The van der Waals surface area contributed by atoms with E-state index in [1.807, 2.05) is 0 Å². The normalized spacial score (nSPS) is 10.3. The van der Waals surface area contributed by atoms with Gasteiger partial charge in [-0.1, -0.05) is 0 Å². The van der Waals surface area contributed by atoms with Crippen molar-refractivity contribution >= 4 is 120 Å². The minimum Gasteiger partial charge on any atom is -0.510 e. The van der Waals surface area contributed by atoms with Gasteiger partial charge in [0, 0.05) is 10.7 Å². The predicted molar refractivity (Wildman–Crippen MR) is 101 cm³/mol. The van der Waals surface area contributed by atoms with Gasteiger partial charge in [0.1, 0.15) is 5.75 Å². The molecule has 0 bridgehead atoms. The number of hydrogen-bond donors (Lipinski definition) is 2. The first kappa shape index (κ1) is 15.7. The Hall–Kier alpha value is 2.65. The van der Waals surface area contributed by atoms with Crippen LogP contribution in [0.5, 0.6) is 5.75 Å². The summed E-state index contributed by atoms with van der Waals surface area (Å²) in [5, 5.41) is 17.7. The molecule has 3 nitrogen and oxygen atoms in total. The van der Waals surface area contributed by atoms with Crippen molar-refractivity contribution in [1.29, 1.82) is 0 Å². The van der Waals surface area contributed by atoms with Gasteiger partial charge in [-0.05, 0) is 113 Å². The van der Waals surface area contributed by atoms with Crippen molar-refractivity contribution in [2.75, 3.05) is 0 Å². The average Bonchev–Trinajstić information content (AvgIpc) is 2.18. The third-order valence-corrected chi connectivity index (χ3v) is 10.8. The molecule has 1 aromatic rings. The van der Waals surface area contributed by atoms with Gasteiger partial charge in [0.2, 0.25) is 0 Å². The first-order valence-electron chi connectivity index (χ1n) is 3.40. The van der Waals surface area contributed by atoms with Gasteiger partial charge in [-0.15, -0.1) is 0 Å². The van der Waals surface area contributed by atoms with E-state index in [0.29, 0.717) is 5.75 Å². The van der Waals surface area contributed by atoms with Crippen LogP contribution in [0.2, 0.25) is 0 Å². The zero-order valence-electron chi connectivity index (χ0n) is 6.77. The van der Waals surface area contributed by atoms with E-state index in [1.54, 1.807) is 0 Å². The molecule has 0 spiro atoms. The maximum Gasteiger partial charge on any atom is 0.707 e. The van der Waals surface area contributed by atoms with Crippen LogP contribution in [-0.4, -0.2) is 17.4 Å². The Morgan fingerprint density at radius 1 is 0.733 bits per heavy atom. The van der Waals surface area contributed by atoms with E-state index >= 15 is 0 Å². The predicted octanol–water partition coefficient (Wildman–Crippen LogP) is 3.06. The Balaban J connectivity index is 3.39. The van der Waals surface area contributed by atoms with Gasteiger partial charge in [0.15, 0.2) is 0 Å². The summed E-state index contributed by atoms with van der Waals surface area (Å²) < 4.78 is 10.1. The molecule has 1 rings (SSSR count). The first-order valence-corrected chi connectivity index (χ1v) is 8.79. The molecule has 0 unspecified atom stereocenters. The van der Waals surface area contributed by atoms with E-state index in [9.17, 15) is 0 Å². The van der Waals surface area contributed by atoms with Gasteiger partial charge in [-0.25, -0.2) is 0 Å². The SMILES string of the molecule is OB(O)Oc1c(I)c(I)c(I)c(I)c1I. The average molecular weight is 767 g/mol. The molecule has 0 saturated carbocycles. The molecule has 0 fully saturated rings. The fraction of sp³-hybridized carbons (Fsp3) is 0. The van der Waals surface area contributed by atoms with Crippen molar-refractivity contribution in [2.24, 2.45) is 0 Å². The molecule has 0 saturated heterocycles. The van der Waals surface area contributed by atoms with Gasteiger partial charge in [-0.3, -0.25) is 0 Å². The fourth-order valence-corrected chi connectivity index (χ4v) is 5.76. The minimum atomic E-state index is -1.78. The van der Waals surface area contributed by atoms with Crippen molar-refractivity contribution in [1.82, 2.24) is 0 Å². The van der Waals surface area contributed by atoms with Crippen LogP contribution >= 0.6 is 113 Å². The largest absolute Gasteiger partial charge is 0.707 e. The number of rotatable bonds is 2. The van der Waals surface area contributed by atoms with Crippen molar-refractivity contribution in [3.63, 3.8) is 0 Å². The van der Waals surface area contributed by atoms with Gasteiger partial charge >= 0.3 is 7.32 Å². The quantitative estimate of drug-likeness (QED) is 0.211. The molecule has 0 amide bonds. The van der Waals surface area contributed by atoms with Crippen LogP contribution in [0.3, 0.4) is 0 Å². The second-order valence-electron chi connectivity index (χ2n) is 2.34. The van der Waals surface area contributed by atoms with Crippen molar-refractivity contribution < 1.29 is 14.7 Å². The Morgan fingerprint density at radius 3 is 1.40 bits per heavy atom. The molecule has 0 heterocycles. The summed E-state index contributed by atoms with van der Waals surface area (Å²) in [6, 6.07) is 0. The molecule has 0 aliphatic heterocycles. The Morgan fingerprint density at radius 2 is 1.07 bits per heavy atom. The lowest BCUT2D eigenvalue weighted by atomic mass is 10.2. The van der Waals surface area contributed by atoms with Gasteiger partial charge in [0.25, 0.3) is 0 Å². The van der Waals surface area contributed by atoms with E-state index in [-0.39, 0.29) is 0 Å². The monoisotopic (exact) mass is 768 g/mol. The van der Waals surface area contributed by atoms with E-state index in [0.717, 1.165) is 17.9 Å². The zero-order chi connectivity index (χ0) is 11.7. The number of hydrogen-bond acceptors (Lipinski definition) is 3. The summed E-state index contributed by atoms with van der Waals surface area (Å²) in [4.78, 5) is 0. The number of benzene rings is 1.